The maximum atomic E-state index is 12.0. The SMILES string of the molecule is C[C@@H]1[C@H]2[C@H]3OC(=O)[C@H](C)[C@@]34C=C[C@](C)(OO4)[C@H]2C[C@@H]1O. The Morgan fingerprint density at radius 3 is 2.70 bits per heavy atom. The summed E-state index contributed by atoms with van der Waals surface area (Å²) in [5, 5.41) is 10.3. The number of fused-ring (bicyclic) bond motifs is 1. The number of carbonyl (C=O) groups excluding carboxylic acids is 1. The number of aliphatic hydroxyl groups excluding tert-OH is 1. The topological polar surface area (TPSA) is 65.0 Å². The number of ether oxygens (including phenoxy) is 1. The Bertz CT molecular complexity index is 502. The molecule has 1 saturated carbocycles. The van der Waals surface area contributed by atoms with Crippen LogP contribution in [0.1, 0.15) is 27.2 Å². The molecule has 3 aliphatic heterocycles. The van der Waals surface area contributed by atoms with Gasteiger partial charge in [0, 0.05) is 11.8 Å². The third-order valence-corrected chi connectivity index (χ3v) is 6.02. The van der Waals surface area contributed by atoms with Crippen molar-refractivity contribution in [3.63, 3.8) is 0 Å². The summed E-state index contributed by atoms with van der Waals surface area (Å²) in [6.07, 6.45) is 3.84. The van der Waals surface area contributed by atoms with Gasteiger partial charge in [0.25, 0.3) is 0 Å². The van der Waals surface area contributed by atoms with Crippen molar-refractivity contribution < 1.29 is 24.4 Å². The Hall–Kier alpha value is -0.910. The van der Waals surface area contributed by atoms with Crippen LogP contribution in [-0.4, -0.2) is 34.5 Å². The fourth-order valence-electron chi connectivity index (χ4n) is 4.54. The van der Waals surface area contributed by atoms with Crippen LogP contribution in [-0.2, 0) is 19.3 Å². The summed E-state index contributed by atoms with van der Waals surface area (Å²) in [6, 6.07) is 0. The van der Waals surface area contributed by atoms with Gasteiger partial charge in [-0.15, -0.1) is 0 Å². The predicted octanol–water partition coefficient (Wildman–Crippen LogP) is 1.21. The van der Waals surface area contributed by atoms with Gasteiger partial charge in [-0.2, -0.15) is 0 Å². The first-order valence-corrected chi connectivity index (χ1v) is 7.35. The quantitative estimate of drug-likeness (QED) is 0.410. The predicted molar refractivity (Wildman–Crippen MR) is 68.3 cm³/mol. The number of rotatable bonds is 0. The first kappa shape index (κ1) is 12.8. The Morgan fingerprint density at radius 2 is 2.05 bits per heavy atom. The van der Waals surface area contributed by atoms with Crippen molar-refractivity contribution in [2.45, 2.75) is 50.6 Å². The first-order valence-electron chi connectivity index (χ1n) is 7.35. The average molecular weight is 280 g/mol. The van der Waals surface area contributed by atoms with Crippen LogP contribution >= 0.6 is 0 Å². The minimum Gasteiger partial charge on any atom is -0.458 e. The second-order valence-corrected chi connectivity index (χ2v) is 6.96. The van der Waals surface area contributed by atoms with Gasteiger partial charge < -0.3 is 9.84 Å². The average Bonchev–Trinajstić information content (AvgIpc) is 2.77. The highest BCUT2D eigenvalue weighted by atomic mass is 17.2. The normalized spacial score (nSPS) is 60.1. The van der Waals surface area contributed by atoms with Crippen LogP contribution in [0.3, 0.4) is 0 Å². The molecule has 5 aliphatic rings. The number of hydrogen-bond donors (Lipinski definition) is 1. The van der Waals surface area contributed by atoms with E-state index < -0.39 is 17.1 Å². The van der Waals surface area contributed by atoms with Crippen molar-refractivity contribution in [1.82, 2.24) is 0 Å². The van der Waals surface area contributed by atoms with Gasteiger partial charge in [-0.3, -0.25) is 4.79 Å². The molecular formula is C15H20O5. The zero-order valence-electron chi connectivity index (χ0n) is 11.9. The minimum absolute atomic E-state index is 0.0569. The Kier molecular flexibility index (Phi) is 2.33. The van der Waals surface area contributed by atoms with Crippen molar-refractivity contribution in [2.75, 3.05) is 0 Å². The molecular weight excluding hydrogens is 260 g/mol. The fourth-order valence-corrected chi connectivity index (χ4v) is 4.54. The second-order valence-electron chi connectivity index (χ2n) is 6.96. The zero-order valence-corrected chi connectivity index (χ0v) is 11.9. The Morgan fingerprint density at radius 1 is 1.30 bits per heavy atom. The monoisotopic (exact) mass is 280 g/mol. The zero-order chi connectivity index (χ0) is 14.3. The lowest BCUT2D eigenvalue weighted by molar-refractivity contribution is -0.404. The van der Waals surface area contributed by atoms with Gasteiger partial charge in [-0.05, 0) is 32.3 Å². The summed E-state index contributed by atoms with van der Waals surface area (Å²) in [4.78, 5) is 23.4. The molecule has 5 nitrogen and oxygen atoms in total. The Balaban J connectivity index is 1.88. The van der Waals surface area contributed by atoms with Crippen LogP contribution in [0.5, 0.6) is 0 Å². The van der Waals surface area contributed by atoms with E-state index in [0.717, 1.165) is 0 Å². The molecule has 0 unspecified atom stereocenters. The number of esters is 1. The highest BCUT2D eigenvalue weighted by molar-refractivity contribution is 5.77. The highest BCUT2D eigenvalue weighted by Crippen LogP contribution is 2.58. The smallest absolute Gasteiger partial charge is 0.312 e. The summed E-state index contributed by atoms with van der Waals surface area (Å²) in [5.74, 6) is -0.428. The molecule has 2 bridgehead atoms. The van der Waals surface area contributed by atoms with Crippen molar-refractivity contribution >= 4 is 5.97 Å². The number of aliphatic hydroxyl groups is 1. The fraction of sp³-hybridized carbons (Fsp3) is 0.800. The molecule has 3 heterocycles. The standard InChI is InChI=1S/C15H20O5/c1-7-10(16)6-9-11(7)12-15(8(2)13(17)18-12)5-4-14(9,3)19-20-15/h4-5,7-12,16H,6H2,1-3H3/t7-,8-,9-,10-,11+,12+,14-,15-/m0/s1. The van der Waals surface area contributed by atoms with Gasteiger partial charge in [0.2, 0.25) is 0 Å². The van der Waals surface area contributed by atoms with E-state index in [9.17, 15) is 9.90 Å². The lowest BCUT2D eigenvalue weighted by Crippen LogP contribution is -2.48. The van der Waals surface area contributed by atoms with Crippen molar-refractivity contribution in [2.24, 2.45) is 23.7 Å². The molecule has 1 spiro atoms. The molecule has 3 fully saturated rings. The van der Waals surface area contributed by atoms with Gasteiger partial charge in [0.1, 0.15) is 11.7 Å². The summed E-state index contributed by atoms with van der Waals surface area (Å²) >= 11 is 0. The summed E-state index contributed by atoms with van der Waals surface area (Å²) in [7, 11) is 0. The van der Waals surface area contributed by atoms with E-state index in [-0.39, 0.29) is 35.9 Å². The molecule has 0 aromatic heterocycles. The van der Waals surface area contributed by atoms with E-state index in [2.05, 4.69) is 0 Å². The molecule has 110 valence electrons. The van der Waals surface area contributed by atoms with E-state index in [1.165, 1.54) is 0 Å². The molecule has 5 heteroatoms. The van der Waals surface area contributed by atoms with Gasteiger partial charge >= 0.3 is 5.97 Å². The number of hydrogen-bond acceptors (Lipinski definition) is 5. The lowest BCUT2D eigenvalue weighted by Gasteiger charge is -2.36. The van der Waals surface area contributed by atoms with Crippen LogP contribution in [0.4, 0.5) is 0 Å². The van der Waals surface area contributed by atoms with Crippen LogP contribution in [0.2, 0.25) is 0 Å². The largest absolute Gasteiger partial charge is 0.458 e. The van der Waals surface area contributed by atoms with Crippen LogP contribution in [0.15, 0.2) is 12.2 Å². The van der Waals surface area contributed by atoms with Crippen LogP contribution < -0.4 is 0 Å². The first-order chi connectivity index (χ1) is 9.39. The van der Waals surface area contributed by atoms with Crippen LogP contribution in [0.25, 0.3) is 0 Å². The number of carbonyl (C=O) groups is 1. The van der Waals surface area contributed by atoms with Gasteiger partial charge in [-0.1, -0.05) is 13.0 Å². The van der Waals surface area contributed by atoms with E-state index in [1.807, 2.05) is 32.9 Å². The summed E-state index contributed by atoms with van der Waals surface area (Å²) < 4.78 is 5.65. The molecule has 1 N–H and O–H groups in total. The minimum atomic E-state index is -0.839. The van der Waals surface area contributed by atoms with Gasteiger partial charge in [0.15, 0.2) is 5.60 Å². The molecule has 0 aromatic carbocycles. The van der Waals surface area contributed by atoms with Crippen molar-refractivity contribution in [3.8, 4) is 0 Å². The third kappa shape index (κ3) is 1.27. The summed E-state index contributed by atoms with van der Waals surface area (Å²) in [6.45, 7) is 5.81. The molecule has 20 heavy (non-hydrogen) atoms. The molecule has 0 aromatic rings. The highest BCUT2D eigenvalue weighted by Gasteiger charge is 2.69. The molecule has 0 amide bonds. The van der Waals surface area contributed by atoms with Crippen LogP contribution in [0, 0.1) is 23.7 Å². The van der Waals surface area contributed by atoms with E-state index in [1.54, 1.807) is 0 Å². The van der Waals surface area contributed by atoms with E-state index in [0.29, 0.717) is 6.42 Å². The van der Waals surface area contributed by atoms with Gasteiger partial charge in [0.05, 0.1) is 12.0 Å². The molecule has 0 radical (unpaired) electrons. The molecule has 2 saturated heterocycles. The maximum absolute atomic E-state index is 12.0. The summed E-state index contributed by atoms with van der Waals surface area (Å²) in [5.41, 5.74) is -1.40. The Labute approximate surface area is 117 Å². The molecule has 5 rings (SSSR count). The van der Waals surface area contributed by atoms with Gasteiger partial charge in [-0.25, -0.2) is 9.78 Å². The van der Waals surface area contributed by atoms with E-state index >= 15 is 0 Å². The third-order valence-electron chi connectivity index (χ3n) is 6.02. The maximum Gasteiger partial charge on any atom is 0.312 e. The lowest BCUT2D eigenvalue weighted by atomic mass is 9.74. The van der Waals surface area contributed by atoms with Crippen molar-refractivity contribution in [3.05, 3.63) is 12.2 Å². The molecule has 2 aliphatic carbocycles. The second kappa shape index (κ2) is 3.64. The van der Waals surface area contributed by atoms with E-state index in [4.69, 9.17) is 14.5 Å². The molecule has 8 atom stereocenters. The van der Waals surface area contributed by atoms with Crippen molar-refractivity contribution in [1.29, 1.82) is 0 Å².